The Morgan fingerprint density at radius 2 is 2.21 bits per heavy atom. The zero-order valence-electron chi connectivity index (χ0n) is 11.8. The van der Waals surface area contributed by atoms with Crippen LogP contribution in [0.1, 0.15) is 39.4 Å². The van der Waals surface area contributed by atoms with Crippen molar-refractivity contribution in [1.82, 2.24) is 10.2 Å². The first kappa shape index (κ1) is 15.3. The maximum Gasteiger partial charge on any atom is 0.222 e. The molecular formula is C14H22N2O3. The van der Waals surface area contributed by atoms with Crippen LogP contribution in [0, 0.1) is 0 Å². The number of furan rings is 1. The highest BCUT2D eigenvalue weighted by molar-refractivity contribution is 5.78. The number of carbonyl (C=O) groups is 2. The minimum atomic E-state index is -0.0778. The Kier molecular flexibility index (Phi) is 6.12. The maximum atomic E-state index is 11.7. The third-order valence-electron chi connectivity index (χ3n) is 3.15. The second kappa shape index (κ2) is 7.61. The van der Waals surface area contributed by atoms with Gasteiger partial charge in [-0.2, -0.15) is 0 Å². The van der Waals surface area contributed by atoms with Gasteiger partial charge in [0, 0.05) is 25.9 Å². The fraction of sp³-hybridized carbons (Fsp3) is 0.571. The standard InChI is InChI=1S/C14H22N2O3/c1-4-11(2)16(12(3)17)8-7-14(18)15-10-13-6-5-9-19-13/h5-6,9,11H,4,7-8,10H2,1-3H3,(H,15,18). The van der Waals surface area contributed by atoms with Gasteiger partial charge in [-0.1, -0.05) is 6.92 Å². The summed E-state index contributed by atoms with van der Waals surface area (Å²) in [5.74, 6) is 0.651. The van der Waals surface area contributed by atoms with Crippen molar-refractivity contribution in [1.29, 1.82) is 0 Å². The molecule has 0 fully saturated rings. The van der Waals surface area contributed by atoms with Gasteiger partial charge in [0.2, 0.25) is 11.8 Å². The Bertz CT molecular complexity index is 401. The molecule has 0 bridgehead atoms. The zero-order chi connectivity index (χ0) is 14.3. The van der Waals surface area contributed by atoms with Crippen LogP contribution in [-0.4, -0.2) is 29.3 Å². The minimum absolute atomic E-state index is 0.00758. The summed E-state index contributed by atoms with van der Waals surface area (Å²) in [7, 11) is 0. The Hall–Kier alpha value is -1.78. The molecule has 0 saturated carbocycles. The molecule has 19 heavy (non-hydrogen) atoms. The zero-order valence-corrected chi connectivity index (χ0v) is 11.8. The topological polar surface area (TPSA) is 62.6 Å². The molecule has 0 saturated heterocycles. The van der Waals surface area contributed by atoms with Crippen LogP contribution in [0.3, 0.4) is 0 Å². The van der Waals surface area contributed by atoms with Gasteiger partial charge in [0.25, 0.3) is 0 Å². The van der Waals surface area contributed by atoms with E-state index in [-0.39, 0.29) is 17.9 Å². The van der Waals surface area contributed by atoms with Crippen molar-refractivity contribution in [3.63, 3.8) is 0 Å². The van der Waals surface area contributed by atoms with Crippen molar-refractivity contribution < 1.29 is 14.0 Å². The van der Waals surface area contributed by atoms with Crippen molar-refractivity contribution in [2.45, 2.75) is 46.2 Å². The normalized spacial score (nSPS) is 11.9. The molecule has 1 heterocycles. The average Bonchev–Trinajstić information content (AvgIpc) is 2.88. The van der Waals surface area contributed by atoms with Gasteiger partial charge in [-0.05, 0) is 25.5 Å². The Morgan fingerprint density at radius 3 is 2.74 bits per heavy atom. The largest absolute Gasteiger partial charge is 0.467 e. The van der Waals surface area contributed by atoms with Crippen LogP contribution < -0.4 is 5.32 Å². The fourth-order valence-corrected chi connectivity index (χ4v) is 1.82. The highest BCUT2D eigenvalue weighted by atomic mass is 16.3. The molecule has 5 nitrogen and oxygen atoms in total. The highest BCUT2D eigenvalue weighted by Gasteiger charge is 2.16. The van der Waals surface area contributed by atoms with E-state index in [1.807, 2.05) is 13.8 Å². The first-order valence-electron chi connectivity index (χ1n) is 6.60. The quantitative estimate of drug-likeness (QED) is 0.820. The summed E-state index contributed by atoms with van der Waals surface area (Å²) in [4.78, 5) is 24.9. The van der Waals surface area contributed by atoms with E-state index >= 15 is 0 Å². The van der Waals surface area contributed by atoms with E-state index in [4.69, 9.17) is 4.42 Å². The van der Waals surface area contributed by atoms with Crippen LogP contribution in [0.2, 0.25) is 0 Å². The minimum Gasteiger partial charge on any atom is -0.467 e. The number of nitrogens with one attached hydrogen (secondary N) is 1. The summed E-state index contributed by atoms with van der Waals surface area (Å²) in [6.45, 7) is 6.39. The summed E-state index contributed by atoms with van der Waals surface area (Å²) in [5.41, 5.74) is 0. The molecule has 1 aromatic rings. The van der Waals surface area contributed by atoms with Crippen molar-refractivity contribution >= 4 is 11.8 Å². The molecule has 0 spiro atoms. The number of nitrogens with zero attached hydrogens (tertiary/aromatic N) is 1. The van der Waals surface area contributed by atoms with Crippen LogP contribution in [-0.2, 0) is 16.1 Å². The predicted octanol–water partition coefficient (Wildman–Crippen LogP) is 1.93. The van der Waals surface area contributed by atoms with Gasteiger partial charge in [0.15, 0.2) is 0 Å². The molecule has 0 aromatic carbocycles. The van der Waals surface area contributed by atoms with Gasteiger partial charge in [-0.25, -0.2) is 0 Å². The fourth-order valence-electron chi connectivity index (χ4n) is 1.82. The lowest BCUT2D eigenvalue weighted by Crippen LogP contribution is -2.39. The number of amides is 2. The molecule has 1 N–H and O–H groups in total. The first-order valence-corrected chi connectivity index (χ1v) is 6.60. The second-order valence-corrected chi connectivity index (χ2v) is 4.58. The number of hydrogen-bond donors (Lipinski definition) is 1. The maximum absolute atomic E-state index is 11.7. The second-order valence-electron chi connectivity index (χ2n) is 4.58. The molecule has 0 aliphatic carbocycles. The van der Waals surface area contributed by atoms with Gasteiger partial charge < -0.3 is 14.6 Å². The van der Waals surface area contributed by atoms with Crippen LogP contribution >= 0.6 is 0 Å². The Morgan fingerprint density at radius 1 is 1.47 bits per heavy atom. The molecule has 1 rings (SSSR count). The van der Waals surface area contributed by atoms with E-state index in [0.29, 0.717) is 19.5 Å². The van der Waals surface area contributed by atoms with Crippen molar-refractivity contribution in [2.24, 2.45) is 0 Å². The number of hydrogen-bond acceptors (Lipinski definition) is 3. The van der Waals surface area contributed by atoms with Crippen LogP contribution in [0.15, 0.2) is 22.8 Å². The number of carbonyl (C=O) groups excluding carboxylic acids is 2. The van der Waals surface area contributed by atoms with Crippen LogP contribution in [0.25, 0.3) is 0 Å². The monoisotopic (exact) mass is 266 g/mol. The average molecular weight is 266 g/mol. The third kappa shape index (κ3) is 5.16. The van der Waals surface area contributed by atoms with Gasteiger partial charge in [0.1, 0.15) is 5.76 Å². The SMILES string of the molecule is CCC(C)N(CCC(=O)NCc1ccco1)C(C)=O. The Labute approximate surface area is 114 Å². The molecule has 1 unspecified atom stereocenters. The lowest BCUT2D eigenvalue weighted by molar-refractivity contribution is -0.131. The van der Waals surface area contributed by atoms with Gasteiger partial charge in [0.05, 0.1) is 12.8 Å². The summed E-state index contributed by atoms with van der Waals surface area (Å²) >= 11 is 0. The molecule has 106 valence electrons. The molecular weight excluding hydrogens is 244 g/mol. The molecule has 0 aliphatic rings. The molecule has 1 atom stereocenters. The van der Waals surface area contributed by atoms with Crippen molar-refractivity contribution in [3.05, 3.63) is 24.2 Å². The third-order valence-corrected chi connectivity index (χ3v) is 3.15. The van der Waals surface area contributed by atoms with Crippen LogP contribution in [0.4, 0.5) is 0 Å². The first-order chi connectivity index (χ1) is 9.04. The molecule has 1 aromatic heterocycles. The van der Waals surface area contributed by atoms with E-state index < -0.39 is 0 Å². The van der Waals surface area contributed by atoms with Crippen molar-refractivity contribution in [3.8, 4) is 0 Å². The summed E-state index contributed by atoms with van der Waals surface area (Å²) < 4.78 is 5.12. The molecule has 5 heteroatoms. The molecule has 0 radical (unpaired) electrons. The van der Waals surface area contributed by atoms with Gasteiger partial charge in [-0.3, -0.25) is 9.59 Å². The Balaban J connectivity index is 2.33. The van der Waals surface area contributed by atoms with Crippen molar-refractivity contribution in [2.75, 3.05) is 6.54 Å². The van der Waals surface area contributed by atoms with Crippen LogP contribution in [0.5, 0.6) is 0 Å². The van der Waals surface area contributed by atoms with E-state index in [2.05, 4.69) is 5.32 Å². The summed E-state index contributed by atoms with van der Waals surface area (Å²) in [6, 6.07) is 3.75. The van der Waals surface area contributed by atoms with E-state index in [1.54, 1.807) is 23.3 Å². The molecule has 0 aliphatic heterocycles. The van der Waals surface area contributed by atoms with Gasteiger partial charge in [-0.15, -0.1) is 0 Å². The summed E-state index contributed by atoms with van der Waals surface area (Å²) in [5, 5.41) is 2.77. The smallest absolute Gasteiger partial charge is 0.222 e. The van der Waals surface area contributed by atoms with E-state index in [9.17, 15) is 9.59 Å². The lowest BCUT2D eigenvalue weighted by atomic mass is 10.2. The summed E-state index contributed by atoms with van der Waals surface area (Å²) in [6.07, 6.45) is 2.76. The lowest BCUT2D eigenvalue weighted by Gasteiger charge is -2.27. The highest BCUT2D eigenvalue weighted by Crippen LogP contribution is 2.05. The van der Waals surface area contributed by atoms with Gasteiger partial charge >= 0.3 is 0 Å². The molecule has 2 amide bonds. The van der Waals surface area contributed by atoms with E-state index in [0.717, 1.165) is 12.2 Å². The van der Waals surface area contributed by atoms with E-state index in [1.165, 1.54) is 6.92 Å². The predicted molar refractivity (Wildman–Crippen MR) is 72.3 cm³/mol. The number of rotatable bonds is 7.